The fourth-order valence-electron chi connectivity index (χ4n) is 3.75. The quantitative estimate of drug-likeness (QED) is 0.595. The van der Waals surface area contributed by atoms with E-state index in [1.54, 1.807) is 6.07 Å². The van der Waals surface area contributed by atoms with E-state index >= 15 is 0 Å². The number of carbonyl (C=O) groups excluding carboxylic acids is 1. The molecular weight excluding hydrogens is 471 g/mol. The molecule has 3 N–H and O–H groups in total. The van der Waals surface area contributed by atoms with Crippen LogP contribution in [0.4, 0.5) is 25.1 Å². The Bertz CT molecular complexity index is 1060. The monoisotopic (exact) mass is 497 g/mol. The van der Waals surface area contributed by atoms with Crippen molar-refractivity contribution in [2.24, 2.45) is 0 Å². The summed E-state index contributed by atoms with van der Waals surface area (Å²) in [6.45, 7) is 2.70. The molecule has 2 fully saturated rings. The third-order valence-corrected chi connectivity index (χ3v) is 6.15. The number of ether oxygens (including phenoxy) is 2. The van der Waals surface area contributed by atoms with Gasteiger partial charge in [-0.1, -0.05) is 0 Å². The minimum Gasteiger partial charge on any atom is -0.474 e. The summed E-state index contributed by atoms with van der Waals surface area (Å²) >= 11 is 0. The number of halogens is 3. The molecule has 0 unspecified atom stereocenters. The van der Waals surface area contributed by atoms with Gasteiger partial charge in [0.2, 0.25) is 23.4 Å². The van der Waals surface area contributed by atoms with Gasteiger partial charge in [-0.05, 0) is 6.92 Å². The molecule has 14 heteroatoms. The molecule has 11 nitrogen and oxygen atoms in total. The smallest absolute Gasteiger partial charge is 0.426 e. The molecule has 1 aliphatic heterocycles. The van der Waals surface area contributed by atoms with Crippen LogP contribution in [0.2, 0.25) is 0 Å². The number of nitrogen functional groups attached to an aromatic ring is 1. The van der Waals surface area contributed by atoms with Crippen molar-refractivity contribution in [3.05, 3.63) is 18.5 Å². The first-order valence-electron chi connectivity index (χ1n) is 11.0. The topological polar surface area (TPSA) is 140 Å². The van der Waals surface area contributed by atoms with E-state index in [0.717, 1.165) is 4.90 Å². The van der Waals surface area contributed by atoms with E-state index < -0.39 is 23.7 Å². The second kappa shape index (κ2) is 9.41. The van der Waals surface area contributed by atoms with E-state index in [9.17, 15) is 23.1 Å². The maximum Gasteiger partial charge on any atom is 0.426 e. The van der Waals surface area contributed by atoms with Gasteiger partial charge in [-0.25, -0.2) is 15.0 Å². The minimum atomic E-state index is -5.07. The lowest BCUT2D eigenvalue weighted by Gasteiger charge is -2.42. The Morgan fingerprint density at radius 2 is 1.86 bits per heavy atom. The van der Waals surface area contributed by atoms with Gasteiger partial charge in [0.25, 0.3) is 5.91 Å². The average Bonchev–Trinajstić information content (AvgIpc) is 2.80. The molecule has 0 aromatic carbocycles. The van der Waals surface area contributed by atoms with Crippen LogP contribution in [0.3, 0.4) is 0 Å². The van der Waals surface area contributed by atoms with Gasteiger partial charge in [0, 0.05) is 63.0 Å². The molecule has 1 saturated heterocycles. The number of rotatable bonds is 6. The summed E-state index contributed by atoms with van der Waals surface area (Å²) in [7, 11) is 1.24. The molecule has 0 spiro atoms. The van der Waals surface area contributed by atoms with Crippen molar-refractivity contribution in [3.63, 3.8) is 0 Å². The lowest BCUT2D eigenvalue weighted by atomic mass is 9.87. The maximum absolute atomic E-state index is 13.0. The summed E-state index contributed by atoms with van der Waals surface area (Å²) in [6, 6.07) is 1.11. The molecule has 0 bridgehead atoms. The van der Waals surface area contributed by atoms with Gasteiger partial charge < -0.3 is 30.1 Å². The van der Waals surface area contributed by atoms with Crippen LogP contribution in [0.15, 0.2) is 18.5 Å². The Morgan fingerprint density at radius 1 is 1.23 bits per heavy atom. The number of hydrogen-bond acceptors (Lipinski definition) is 10. The van der Waals surface area contributed by atoms with E-state index in [-0.39, 0.29) is 30.8 Å². The molecule has 190 valence electrons. The Balaban J connectivity index is 1.48. The number of morpholine rings is 1. The van der Waals surface area contributed by atoms with Crippen molar-refractivity contribution in [1.29, 1.82) is 0 Å². The van der Waals surface area contributed by atoms with Crippen LogP contribution < -0.4 is 15.4 Å². The lowest BCUT2D eigenvalue weighted by molar-refractivity contribution is -0.251. The number of likely N-dealkylation sites (N-methyl/N-ethyl adjacent to an activating group) is 1. The molecule has 4 rings (SSSR count). The second-order valence-electron chi connectivity index (χ2n) is 8.67. The predicted molar refractivity (Wildman–Crippen MR) is 117 cm³/mol. The standard InChI is InChI=1S/C21H26F3N7O4/c1-20(33,21(22,23)24)17(32)30(2)13-7-14(8-13)35-16-9-15(12-10-26-18(25)27-11-12)28-19(29-16)31-3-5-34-6-4-31/h9-11,13-14,33H,3-8H2,1-2H3,(H2,25,26,27)/t13-,14-,20-/m0/s1. The number of nitrogens with two attached hydrogens (primary N) is 1. The zero-order chi connectivity index (χ0) is 25.4. The molecule has 2 aromatic heterocycles. The lowest BCUT2D eigenvalue weighted by Crippen LogP contribution is -2.60. The number of carbonyl (C=O) groups is 1. The predicted octanol–water partition coefficient (Wildman–Crippen LogP) is 1.03. The summed E-state index contributed by atoms with van der Waals surface area (Å²) in [5.74, 6) is -0.581. The summed E-state index contributed by atoms with van der Waals surface area (Å²) in [4.78, 5) is 32.2. The molecule has 2 aliphatic rings. The van der Waals surface area contributed by atoms with Crippen molar-refractivity contribution in [2.75, 3.05) is 44.0 Å². The Hall–Kier alpha value is -3.26. The van der Waals surface area contributed by atoms with E-state index in [2.05, 4.69) is 19.9 Å². The number of aromatic nitrogens is 4. The summed E-state index contributed by atoms with van der Waals surface area (Å²) in [5, 5.41) is 9.67. The van der Waals surface area contributed by atoms with Gasteiger partial charge in [-0.2, -0.15) is 18.2 Å². The minimum absolute atomic E-state index is 0.122. The Labute approximate surface area is 199 Å². The molecule has 3 heterocycles. The van der Waals surface area contributed by atoms with Gasteiger partial charge in [-0.15, -0.1) is 0 Å². The maximum atomic E-state index is 13.0. The number of aliphatic hydroxyl groups is 1. The highest BCUT2D eigenvalue weighted by Crippen LogP contribution is 2.35. The van der Waals surface area contributed by atoms with Gasteiger partial charge >= 0.3 is 6.18 Å². The van der Waals surface area contributed by atoms with Gasteiger partial charge in [0.1, 0.15) is 6.10 Å². The molecule has 1 atom stereocenters. The number of nitrogens with zero attached hydrogens (tertiary/aromatic N) is 6. The van der Waals surface area contributed by atoms with Gasteiger partial charge in [0.05, 0.1) is 18.9 Å². The van der Waals surface area contributed by atoms with Gasteiger partial charge in [0.15, 0.2) is 0 Å². The van der Waals surface area contributed by atoms with Crippen molar-refractivity contribution >= 4 is 17.8 Å². The van der Waals surface area contributed by atoms with E-state index in [1.807, 2.05) is 4.90 Å². The largest absolute Gasteiger partial charge is 0.474 e. The van der Waals surface area contributed by atoms with E-state index in [1.165, 1.54) is 19.4 Å². The SMILES string of the molecule is CN(C(=O)[C@](C)(O)C(F)(F)F)[C@H]1C[C@H](Oc2cc(-c3cnc(N)nc3)nc(N3CCOCC3)n2)C1. The Morgan fingerprint density at radius 3 is 2.46 bits per heavy atom. The molecule has 2 aromatic rings. The number of amides is 1. The van der Waals surface area contributed by atoms with Gasteiger partial charge in [-0.3, -0.25) is 4.79 Å². The normalized spacial score (nSPS) is 22.2. The van der Waals surface area contributed by atoms with Crippen molar-refractivity contribution in [2.45, 2.75) is 43.7 Å². The van der Waals surface area contributed by atoms with Crippen LogP contribution in [-0.2, 0) is 9.53 Å². The zero-order valence-corrected chi connectivity index (χ0v) is 19.2. The number of anilines is 2. The summed E-state index contributed by atoms with van der Waals surface area (Å²) in [6.07, 6.45) is -1.82. The van der Waals surface area contributed by atoms with Crippen molar-refractivity contribution < 1.29 is 32.5 Å². The van der Waals surface area contributed by atoms with Crippen LogP contribution in [0, 0.1) is 0 Å². The van der Waals surface area contributed by atoms with Crippen LogP contribution in [-0.4, -0.2) is 93.1 Å². The number of alkyl halides is 3. The first kappa shape index (κ1) is 24.9. The third-order valence-electron chi connectivity index (χ3n) is 6.15. The highest BCUT2D eigenvalue weighted by molar-refractivity contribution is 5.85. The molecule has 1 saturated carbocycles. The molecule has 0 radical (unpaired) electrons. The van der Waals surface area contributed by atoms with Crippen LogP contribution in [0.25, 0.3) is 11.3 Å². The van der Waals surface area contributed by atoms with E-state index in [0.29, 0.717) is 50.4 Å². The first-order valence-corrected chi connectivity index (χ1v) is 11.0. The second-order valence-corrected chi connectivity index (χ2v) is 8.67. The molecule has 35 heavy (non-hydrogen) atoms. The molecule has 1 aliphatic carbocycles. The van der Waals surface area contributed by atoms with Crippen molar-refractivity contribution in [1.82, 2.24) is 24.8 Å². The fourth-order valence-corrected chi connectivity index (χ4v) is 3.75. The average molecular weight is 497 g/mol. The van der Waals surface area contributed by atoms with Crippen LogP contribution in [0.5, 0.6) is 5.88 Å². The molecular formula is C21H26F3N7O4. The summed E-state index contributed by atoms with van der Waals surface area (Å²) in [5.41, 5.74) is 3.24. The molecule has 1 amide bonds. The highest BCUT2D eigenvalue weighted by atomic mass is 19.4. The van der Waals surface area contributed by atoms with E-state index in [4.69, 9.17) is 15.2 Å². The first-order chi connectivity index (χ1) is 16.5. The number of hydrogen-bond donors (Lipinski definition) is 2. The fraction of sp³-hybridized carbons (Fsp3) is 0.571. The van der Waals surface area contributed by atoms with Crippen molar-refractivity contribution in [3.8, 4) is 17.1 Å². The van der Waals surface area contributed by atoms with Crippen LogP contribution in [0.1, 0.15) is 19.8 Å². The zero-order valence-electron chi connectivity index (χ0n) is 19.2. The van der Waals surface area contributed by atoms with Crippen LogP contribution >= 0.6 is 0 Å². The third kappa shape index (κ3) is 5.22. The highest BCUT2D eigenvalue weighted by Gasteiger charge is 2.58. The summed E-state index contributed by atoms with van der Waals surface area (Å²) < 4.78 is 50.4. The Kier molecular flexibility index (Phi) is 6.68.